The van der Waals surface area contributed by atoms with E-state index < -0.39 is 0 Å². The van der Waals surface area contributed by atoms with Crippen molar-refractivity contribution < 1.29 is 30.3 Å². The molecule has 2 aliphatic carbocycles. The minimum absolute atomic E-state index is 0. The van der Waals surface area contributed by atoms with Crippen molar-refractivity contribution in [3.63, 3.8) is 0 Å². The molecule has 157 valence electrons. The number of aliphatic hydroxyl groups excluding tert-OH is 2. The van der Waals surface area contributed by atoms with Crippen molar-refractivity contribution in [2.45, 2.75) is 57.7 Å². The zero-order valence-electron chi connectivity index (χ0n) is 16.8. The summed E-state index contributed by atoms with van der Waals surface area (Å²) in [6, 6.07) is 16.0. The number of pyridine rings is 1. The van der Waals surface area contributed by atoms with Crippen LogP contribution in [0.25, 0.3) is 20.7 Å². The van der Waals surface area contributed by atoms with E-state index in [4.69, 9.17) is 0 Å². The molecule has 3 nitrogen and oxygen atoms in total. The second kappa shape index (κ2) is 9.80. The van der Waals surface area contributed by atoms with E-state index in [-0.39, 0.29) is 38.2 Å². The van der Waals surface area contributed by atoms with Gasteiger partial charge in [-0.2, -0.15) is 0 Å². The molecule has 2 aliphatic rings. The van der Waals surface area contributed by atoms with Gasteiger partial charge in [0.2, 0.25) is 0 Å². The Morgan fingerprint density at radius 1 is 1.00 bits per heavy atom. The summed E-state index contributed by atoms with van der Waals surface area (Å²) in [5.41, 5.74) is 2.29. The van der Waals surface area contributed by atoms with Gasteiger partial charge in [0.25, 0.3) is 0 Å². The summed E-state index contributed by atoms with van der Waals surface area (Å²) in [6.45, 7) is 4.37. The summed E-state index contributed by atoms with van der Waals surface area (Å²) in [5, 5.41) is 20.0. The minimum Gasteiger partial charge on any atom is -0.393 e. The van der Waals surface area contributed by atoms with Gasteiger partial charge in [-0.25, -0.2) is 11.3 Å². The van der Waals surface area contributed by atoms with Crippen LogP contribution in [0.4, 0.5) is 0 Å². The van der Waals surface area contributed by atoms with Crippen molar-refractivity contribution in [1.82, 2.24) is 4.98 Å². The summed E-state index contributed by atoms with van der Waals surface area (Å²) < 4.78 is 1.27. The van der Waals surface area contributed by atoms with Crippen molar-refractivity contribution in [3.05, 3.63) is 54.2 Å². The van der Waals surface area contributed by atoms with Gasteiger partial charge in [-0.05, 0) is 52.7 Å². The molecule has 2 fully saturated rings. The fourth-order valence-electron chi connectivity index (χ4n) is 4.48. The number of hydrogen-bond donors (Lipinski definition) is 2. The van der Waals surface area contributed by atoms with E-state index in [2.05, 4.69) is 55.2 Å². The first-order valence-corrected chi connectivity index (χ1v) is 11.1. The minimum atomic E-state index is -0.206. The maximum absolute atomic E-state index is 9.41. The van der Waals surface area contributed by atoms with E-state index in [9.17, 15) is 10.2 Å². The third kappa shape index (κ3) is 4.97. The normalized spacial score (nSPS) is 25.4. The quantitative estimate of drug-likeness (QED) is 0.395. The van der Waals surface area contributed by atoms with Gasteiger partial charge in [0.1, 0.15) is 0 Å². The standard InChI is InChI=1S/C16H14NS.C8H14O2.Ir/c1-11(2)13-7-8-14(17-10-13)16-9-12-5-3-4-6-15(12)18-16;9-6-3-1-5-2-4-7(10)8(5)6;/h3-8,10-11H,1-2H3;5-10H,1-4H2;/q-1;;. The van der Waals surface area contributed by atoms with Crippen LogP contribution in [0.2, 0.25) is 0 Å². The van der Waals surface area contributed by atoms with Crippen LogP contribution in [0.3, 0.4) is 0 Å². The summed E-state index contributed by atoms with van der Waals surface area (Å²) in [4.78, 5) is 5.66. The van der Waals surface area contributed by atoms with E-state index in [1.807, 2.05) is 12.3 Å². The molecule has 2 atom stereocenters. The molecule has 0 saturated heterocycles. The van der Waals surface area contributed by atoms with Gasteiger partial charge >= 0.3 is 0 Å². The number of aromatic nitrogens is 1. The van der Waals surface area contributed by atoms with Crippen LogP contribution in [-0.2, 0) is 20.1 Å². The second-order valence-electron chi connectivity index (χ2n) is 8.31. The van der Waals surface area contributed by atoms with E-state index in [1.165, 1.54) is 15.6 Å². The number of benzene rings is 1. The van der Waals surface area contributed by atoms with Crippen molar-refractivity contribution in [2.75, 3.05) is 0 Å². The Labute approximate surface area is 190 Å². The molecule has 2 unspecified atom stereocenters. The van der Waals surface area contributed by atoms with Crippen molar-refractivity contribution in [3.8, 4) is 10.6 Å². The summed E-state index contributed by atoms with van der Waals surface area (Å²) in [7, 11) is 0. The predicted molar refractivity (Wildman–Crippen MR) is 115 cm³/mol. The first-order chi connectivity index (χ1) is 13.5. The number of rotatable bonds is 2. The molecule has 1 aromatic carbocycles. The molecular weight excluding hydrogens is 559 g/mol. The van der Waals surface area contributed by atoms with Crippen LogP contribution >= 0.6 is 11.3 Å². The van der Waals surface area contributed by atoms with Crippen LogP contribution in [-0.4, -0.2) is 27.4 Å². The Hall–Kier alpha value is -1.10. The zero-order valence-corrected chi connectivity index (χ0v) is 20.1. The monoisotopic (exact) mass is 587 g/mol. The van der Waals surface area contributed by atoms with Crippen LogP contribution in [0.1, 0.15) is 51.0 Å². The molecule has 2 aromatic heterocycles. The molecule has 0 bridgehead atoms. The van der Waals surface area contributed by atoms with Crippen LogP contribution in [0.15, 0.2) is 42.6 Å². The van der Waals surface area contributed by atoms with E-state index in [1.54, 1.807) is 11.3 Å². The summed E-state index contributed by atoms with van der Waals surface area (Å²) in [5.74, 6) is 1.38. The van der Waals surface area contributed by atoms with Crippen LogP contribution < -0.4 is 0 Å². The first-order valence-electron chi connectivity index (χ1n) is 10.3. The molecule has 5 heteroatoms. The van der Waals surface area contributed by atoms with Crippen molar-refractivity contribution in [2.24, 2.45) is 11.8 Å². The van der Waals surface area contributed by atoms with Crippen molar-refractivity contribution >= 4 is 21.4 Å². The molecule has 5 rings (SSSR count). The van der Waals surface area contributed by atoms with Gasteiger partial charge in [0.15, 0.2) is 0 Å². The Morgan fingerprint density at radius 3 is 2.24 bits per heavy atom. The summed E-state index contributed by atoms with van der Waals surface area (Å²) in [6.07, 6.45) is 5.63. The number of hydrogen-bond acceptors (Lipinski definition) is 4. The van der Waals surface area contributed by atoms with Gasteiger partial charge in [-0.1, -0.05) is 38.1 Å². The number of thiophene rings is 1. The van der Waals surface area contributed by atoms with Crippen LogP contribution in [0.5, 0.6) is 0 Å². The molecular formula is C24H28IrNO2S-. The molecule has 0 amide bonds. The first kappa shape index (κ1) is 22.6. The molecule has 1 radical (unpaired) electrons. The van der Waals surface area contributed by atoms with Crippen LogP contribution in [0, 0.1) is 17.9 Å². The molecule has 0 aliphatic heterocycles. The average molecular weight is 587 g/mol. The third-order valence-corrected chi connectivity index (χ3v) is 7.22. The third-order valence-electron chi connectivity index (χ3n) is 6.13. The Morgan fingerprint density at radius 2 is 1.69 bits per heavy atom. The van der Waals surface area contributed by atoms with Crippen molar-refractivity contribution in [1.29, 1.82) is 0 Å². The molecule has 3 aromatic rings. The van der Waals surface area contributed by atoms with E-state index in [0.29, 0.717) is 11.8 Å². The molecule has 2 saturated carbocycles. The molecule has 0 spiro atoms. The fourth-order valence-corrected chi connectivity index (χ4v) is 5.46. The second-order valence-corrected chi connectivity index (χ2v) is 9.36. The van der Waals surface area contributed by atoms with Gasteiger partial charge in [0.05, 0.1) is 12.2 Å². The molecule has 2 heterocycles. The predicted octanol–water partition coefficient (Wildman–Crippen LogP) is 5.41. The largest absolute Gasteiger partial charge is 0.393 e. The SMILES string of the molecule is CC(C)c1ccc(-c2[c-]c3ccccc3s2)nc1.OC1CCC2CCC(O)C12.[Ir]. The number of nitrogens with zero attached hydrogens (tertiary/aromatic N) is 1. The smallest absolute Gasteiger partial charge is 0.0595 e. The maximum atomic E-state index is 9.41. The topological polar surface area (TPSA) is 53.4 Å². The fraction of sp³-hybridized carbons (Fsp3) is 0.458. The number of aliphatic hydroxyl groups is 2. The Balaban J connectivity index is 0.000000186. The van der Waals surface area contributed by atoms with E-state index in [0.717, 1.165) is 36.3 Å². The maximum Gasteiger partial charge on any atom is 0.0595 e. The van der Waals surface area contributed by atoms with Gasteiger partial charge in [-0.15, -0.1) is 23.6 Å². The number of fused-ring (bicyclic) bond motifs is 2. The summed E-state index contributed by atoms with van der Waals surface area (Å²) >= 11 is 1.75. The molecule has 29 heavy (non-hydrogen) atoms. The van der Waals surface area contributed by atoms with Gasteiger partial charge < -0.3 is 15.2 Å². The zero-order chi connectivity index (χ0) is 19.7. The average Bonchev–Trinajstić information content (AvgIpc) is 3.39. The Kier molecular flexibility index (Phi) is 7.63. The van der Waals surface area contributed by atoms with Gasteiger partial charge in [0, 0.05) is 37.9 Å². The molecule has 2 N–H and O–H groups in total. The van der Waals surface area contributed by atoms with E-state index >= 15 is 0 Å². The Bertz CT molecular complexity index is 877. The van der Waals surface area contributed by atoms with Gasteiger partial charge in [-0.3, -0.25) is 0 Å².